The maximum absolute atomic E-state index is 8.52. The second-order valence-corrected chi connectivity index (χ2v) is 3.77. The van der Waals surface area contributed by atoms with Crippen molar-refractivity contribution in [1.82, 2.24) is 5.32 Å². The van der Waals surface area contributed by atoms with Gasteiger partial charge >= 0.3 is 0 Å². The summed E-state index contributed by atoms with van der Waals surface area (Å²) in [6.45, 7) is 7.22. The zero-order valence-corrected chi connectivity index (χ0v) is 10.1. The third-order valence-corrected chi connectivity index (χ3v) is 2.43. The van der Waals surface area contributed by atoms with E-state index in [-0.39, 0.29) is 12.6 Å². The lowest BCUT2D eigenvalue weighted by Gasteiger charge is -2.17. The van der Waals surface area contributed by atoms with E-state index in [0.717, 1.165) is 17.9 Å². The van der Waals surface area contributed by atoms with Crippen molar-refractivity contribution in [3.8, 4) is 11.8 Å². The molecule has 0 amide bonds. The maximum Gasteiger partial charge on any atom is 0.174 e. The Labute approximate surface area is 97.0 Å². The van der Waals surface area contributed by atoms with Gasteiger partial charge in [-0.25, -0.2) is 0 Å². The SMILES string of the molecule is CCNC(C)c1cc(C)ccc1OCC#N. The number of nitrogens with one attached hydrogen (secondary N) is 1. The summed E-state index contributed by atoms with van der Waals surface area (Å²) in [6, 6.07) is 8.24. The molecule has 3 heteroatoms. The lowest BCUT2D eigenvalue weighted by Crippen LogP contribution is -2.18. The fourth-order valence-corrected chi connectivity index (χ4v) is 1.66. The molecule has 86 valence electrons. The zero-order valence-electron chi connectivity index (χ0n) is 10.1. The fourth-order valence-electron chi connectivity index (χ4n) is 1.66. The Balaban J connectivity index is 2.93. The molecule has 3 nitrogen and oxygen atoms in total. The second kappa shape index (κ2) is 6.14. The van der Waals surface area contributed by atoms with E-state index in [1.54, 1.807) is 0 Å². The second-order valence-electron chi connectivity index (χ2n) is 3.77. The Kier molecular flexibility index (Phi) is 4.81. The molecule has 16 heavy (non-hydrogen) atoms. The number of hydrogen-bond acceptors (Lipinski definition) is 3. The van der Waals surface area contributed by atoms with Crippen LogP contribution in [0.4, 0.5) is 0 Å². The van der Waals surface area contributed by atoms with Crippen molar-refractivity contribution < 1.29 is 4.74 Å². The molecule has 0 aromatic heterocycles. The molecule has 0 heterocycles. The number of rotatable bonds is 5. The van der Waals surface area contributed by atoms with Gasteiger partial charge in [0.1, 0.15) is 11.8 Å². The minimum atomic E-state index is 0.0922. The molecular formula is C13H18N2O. The normalized spacial score (nSPS) is 11.9. The van der Waals surface area contributed by atoms with Gasteiger partial charge in [0.25, 0.3) is 0 Å². The molecule has 0 bridgehead atoms. The van der Waals surface area contributed by atoms with Gasteiger partial charge in [0, 0.05) is 11.6 Å². The molecule has 1 unspecified atom stereocenters. The van der Waals surface area contributed by atoms with Crippen LogP contribution in [-0.2, 0) is 0 Å². The smallest absolute Gasteiger partial charge is 0.174 e. The number of ether oxygens (including phenoxy) is 1. The fraction of sp³-hybridized carbons (Fsp3) is 0.462. The van der Waals surface area contributed by atoms with Crippen LogP contribution in [0.3, 0.4) is 0 Å². The molecule has 0 fully saturated rings. The van der Waals surface area contributed by atoms with Crippen LogP contribution in [-0.4, -0.2) is 13.2 Å². The highest BCUT2D eigenvalue weighted by molar-refractivity contribution is 5.39. The van der Waals surface area contributed by atoms with E-state index in [4.69, 9.17) is 10.00 Å². The van der Waals surface area contributed by atoms with Gasteiger partial charge < -0.3 is 10.1 Å². The molecule has 1 aromatic carbocycles. The summed E-state index contributed by atoms with van der Waals surface area (Å²) in [7, 11) is 0. The summed E-state index contributed by atoms with van der Waals surface area (Å²) >= 11 is 0. The van der Waals surface area contributed by atoms with Crippen molar-refractivity contribution >= 4 is 0 Å². The van der Waals surface area contributed by atoms with Gasteiger partial charge in [-0.1, -0.05) is 24.6 Å². The van der Waals surface area contributed by atoms with Crippen molar-refractivity contribution in [2.45, 2.75) is 26.8 Å². The van der Waals surface area contributed by atoms with Crippen LogP contribution in [0.25, 0.3) is 0 Å². The van der Waals surface area contributed by atoms with Gasteiger partial charge in [-0.2, -0.15) is 5.26 Å². The quantitative estimate of drug-likeness (QED) is 0.826. The monoisotopic (exact) mass is 218 g/mol. The molecule has 1 atom stereocenters. The van der Waals surface area contributed by atoms with Crippen LogP contribution in [0.15, 0.2) is 18.2 Å². The summed E-state index contributed by atoms with van der Waals surface area (Å²) in [5.41, 5.74) is 2.31. The highest BCUT2D eigenvalue weighted by Gasteiger charge is 2.10. The molecule has 0 radical (unpaired) electrons. The largest absolute Gasteiger partial charge is 0.478 e. The van der Waals surface area contributed by atoms with Crippen molar-refractivity contribution in [2.24, 2.45) is 0 Å². The third-order valence-electron chi connectivity index (χ3n) is 2.43. The Morgan fingerprint density at radius 2 is 2.25 bits per heavy atom. The first kappa shape index (κ1) is 12.5. The highest BCUT2D eigenvalue weighted by atomic mass is 16.5. The van der Waals surface area contributed by atoms with Crippen molar-refractivity contribution in [2.75, 3.05) is 13.2 Å². The first-order valence-electron chi connectivity index (χ1n) is 5.52. The molecule has 1 rings (SSSR count). The standard InChI is InChI=1S/C13H18N2O/c1-4-15-11(3)12-9-10(2)5-6-13(12)16-8-7-14/h5-6,9,11,15H,4,8H2,1-3H3. The Bertz CT molecular complexity index is 382. The highest BCUT2D eigenvalue weighted by Crippen LogP contribution is 2.26. The van der Waals surface area contributed by atoms with Crippen molar-refractivity contribution in [3.63, 3.8) is 0 Å². The lowest BCUT2D eigenvalue weighted by molar-refractivity contribution is 0.359. The van der Waals surface area contributed by atoms with E-state index in [1.165, 1.54) is 5.56 Å². The average Bonchev–Trinajstić information content (AvgIpc) is 2.27. The minimum absolute atomic E-state index is 0.0922. The third kappa shape index (κ3) is 3.25. The van der Waals surface area contributed by atoms with Gasteiger partial charge in [0.15, 0.2) is 6.61 Å². The van der Waals surface area contributed by atoms with Gasteiger partial charge in [-0.05, 0) is 26.5 Å². The molecule has 0 aliphatic carbocycles. The number of nitrogens with zero attached hydrogens (tertiary/aromatic N) is 1. The van der Waals surface area contributed by atoms with Crippen molar-refractivity contribution in [1.29, 1.82) is 5.26 Å². The van der Waals surface area contributed by atoms with E-state index in [2.05, 4.69) is 32.2 Å². The lowest BCUT2D eigenvalue weighted by atomic mass is 10.0. The topological polar surface area (TPSA) is 45.0 Å². The first-order chi connectivity index (χ1) is 7.69. The Morgan fingerprint density at radius 1 is 1.50 bits per heavy atom. The van der Waals surface area contributed by atoms with Crippen LogP contribution in [0.2, 0.25) is 0 Å². The number of aryl methyl sites for hydroxylation is 1. The minimum Gasteiger partial charge on any atom is -0.478 e. The summed E-state index contributed by atoms with van der Waals surface area (Å²) in [5, 5.41) is 11.9. The van der Waals surface area contributed by atoms with Crippen LogP contribution in [0.1, 0.15) is 31.0 Å². The average molecular weight is 218 g/mol. The van der Waals surface area contributed by atoms with Gasteiger partial charge in [0.2, 0.25) is 0 Å². The molecule has 0 aliphatic rings. The van der Waals surface area contributed by atoms with E-state index in [0.29, 0.717) is 0 Å². The molecule has 0 saturated heterocycles. The molecule has 0 spiro atoms. The molecule has 0 saturated carbocycles. The van der Waals surface area contributed by atoms with Crippen LogP contribution in [0.5, 0.6) is 5.75 Å². The van der Waals surface area contributed by atoms with E-state index >= 15 is 0 Å². The Morgan fingerprint density at radius 3 is 2.88 bits per heavy atom. The van der Waals surface area contributed by atoms with Crippen LogP contribution >= 0.6 is 0 Å². The summed E-state index contributed by atoms with van der Waals surface area (Å²) < 4.78 is 5.41. The van der Waals surface area contributed by atoms with Crippen molar-refractivity contribution in [3.05, 3.63) is 29.3 Å². The van der Waals surface area contributed by atoms with Gasteiger partial charge in [-0.3, -0.25) is 0 Å². The predicted molar refractivity (Wildman–Crippen MR) is 64.4 cm³/mol. The molecular weight excluding hydrogens is 200 g/mol. The molecule has 0 aliphatic heterocycles. The van der Waals surface area contributed by atoms with E-state index < -0.39 is 0 Å². The molecule has 1 N–H and O–H groups in total. The Hall–Kier alpha value is -1.53. The summed E-state index contributed by atoms with van der Waals surface area (Å²) in [4.78, 5) is 0. The van der Waals surface area contributed by atoms with Gasteiger partial charge in [-0.15, -0.1) is 0 Å². The summed E-state index contributed by atoms with van der Waals surface area (Å²) in [5.74, 6) is 0.792. The maximum atomic E-state index is 8.52. The van der Waals surface area contributed by atoms with Gasteiger partial charge in [0.05, 0.1) is 0 Å². The number of benzene rings is 1. The van der Waals surface area contributed by atoms with E-state index in [9.17, 15) is 0 Å². The molecule has 1 aromatic rings. The number of hydrogen-bond donors (Lipinski definition) is 1. The van der Waals surface area contributed by atoms with Crippen LogP contribution < -0.4 is 10.1 Å². The van der Waals surface area contributed by atoms with E-state index in [1.807, 2.05) is 18.2 Å². The zero-order chi connectivity index (χ0) is 12.0. The van der Waals surface area contributed by atoms with Crippen LogP contribution in [0, 0.1) is 18.3 Å². The number of nitriles is 1. The predicted octanol–water partition coefficient (Wildman–Crippen LogP) is 2.57. The summed E-state index contributed by atoms with van der Waals surface area (Å²) in [6.07, 6.45) is 0. The first-order valence-corrected chi connectivity index (χ1v) is 5.52.